The van der Waals surface area contributed by atoms with E-state index in [0.717, 1.165) is 6.42 Å². The zero-order chi connectivity index (χ0) is 14.2. The molecule has 2 N–H and O–H groups in total. The number of carbonyl (C=O) groups is 2. The Labute approximate surface area is 113 Å². The zero-order valence-corrected chi connectivity index (χ0v) is 10.5. The van der Waals surface area contributed by atoms with Crippen LogP contribution in [-0.2, 0) is 4.79 Å². The predicted molar refractivity (Wildman–Crippen MR) is 65.9 cm³/mol. The van der Waals surface area contributed by atoms with Crippen molar-refractivity contribution in [2.24, 2.45) is 0 Å². The van der Waals surface area contributed by atoms with Gasteiger partial charge in [0.25, 0.3) is 5.91 Å². The Bertz CT molecular complexity index is 640. The summed E-state index contributed by atoms with van der Waals surface area (Å²) >= 11 is 0. The molecule has 1 fully saturated rings. The molecule has 3 rings (SSSR count). The number of carboxylic acid groups (broad SMARTS) is 1. The molecule has 1 aliphatic rings. The molecular weight excluding hydrogens is 264 g/mol. The number of furan rings is 1. The summed E-state index contributed by atoms with van der Waals surface area (Å²) in [5, 5.41) is 15.3. The molecule has 1 aliphatic carbocycles. The second-order valence-electron chi connectivity index (χ2n) is 4.75. The molecular formula is C13H12N2O5. The Hall–Kier alpha value is -2.57. The van der Waals surface area contributed by atoms with Gasteiger partial charge in [-0.1, -0.05) is 5.16 Å². The van der Waals surface area contributed by atoms with Gasteiger partial charge >= 0.3 is 5.97 Å². The lowest BCUT2D eigenvalue weighted by atomic mass is 9.76. The van der Waals surface area contributed by atoms with E-state index in [9.17, 15) is 9.59 Å². The number of carbonyl (C=O) groups excluding carboxylic acids is 1. The van der Waals surface area contributed by atoms with Crippen LogP contribution < -0.4 is 5.32 Å². The number of aliphatic carboxylic acids is 1. The van der Waals surface area contributed by atoms with Crippen molar-refractivity contribution in [2.45, 2.75) is 24.8 Å². The van der Waals surface area contributed by atoms with Crippen LogP contribution in [0, 0.1) is 0 Å². The highest BCUT2D eigenvalue weighted by Gasteiger charge is 2.46. The molecule has 0 spiro atoms. The van der Waals surface area contributed by atoms with E-state index in [1.807, 2.05) is 0 Å². The van der Waals surface area contributed by atoms with Gasteiger partial charge in [-0.3, -0.25) is 4.79 Å². The number of nitrogens with one attached hydrogen (secondary N) is 1. The van der Waals surface area contributed by atoms with Gasteiger partial charge in [-0.15, -0.1) is 0 Å². The van der Waals surface area contributed by atoms with E-state index in [4.69, 9.17) is 14.0 Å². The first-order valence-electron chi connectivity index (χ1n) is 6.17. The van der Waals surface area contributed by atoms with E-state index >= 15 is 0 Å². The smallest absolute Gasteiger partial charge is 0.329 e. The highest BCUT2D eigenvalue weighted by molar-refractivity contribution is 5.97. The summed E-state index contributed by atoms with van der Waals surface area (Å²) in [6.45, 7) is 0. The molecule has 1 amide bonds. The van der Waals surface area contributed by atoms with Gasteiger partial charge in [-0.05, 0) is 31.4 Å². The summed E-state index contributed by atoms with van der Waals surface area (Å²) < 4.78 is 10.1. The number of nitrogens with zero attached hydrogens (tertiary/aromatic N) is 1. The van der Waals surface area contributed by atoms with Gasteiger partial charge in [0.2, 0.25) is 5.76 Å². The van der Waals surface area contributed by atoms with Crippen LogP contribution in [0.15, 0.2) is 33.4 Å². The number of aromatic nitrogens is 1. The van der Waals surface area contributed by atoms with Crippen LogP contribution in [0.5, 0.6) is 0 Å². The van der Waals surface area contributed by atoms with E-state index in [-0.39, 0.29) is 5.69 Å². The Morgan fingerprint density at radius 1 is 1.35 bits per heavy atom. The molecule has 0 unspecified atom stereocenters. The first-order chi connectivity index (χ1) is 9.61. The van der Waals surface area contributed by atoms with Gasteiger partial charge in [0.05, 0.1) is 6.26 Å². The summed E-state index contributed by atoms with van der Waals surface area (Å²) in [4.78, 5) is 23.2. The SMILES string of the molecule is O=C(NC1(C(=O)O)CCC1)c1cc(-c2ccco2)on1. The van der Waals surface area contributed by atoms with Gasteiger partial charge in [0.1, 0.15) is 5.54 Å². The molecule has 0 bridgehead atoms. The minimum absolute atomic E-state index is 0.0314. The maximum Gasteiger partial charge on any atom is 0.329 e. The summed E-state index contributed by atoms with van der Waals surface area (Å²) in [5.41, 5.74) is -1.13. The first-order valence-corrected chi connectivity index (χ1v) is 6.17. The Morgan fingerprint density at radius 3 is 2.70 bits per heavy atom. The molecule has 0 radical (unpaired) electrons. The lowest BCUT2D eigenvalue weighted by Crippen LogP contribution is -2.59. The third-order valence-electron chi connectivity index (χ3n) is 3.48. The average Bonchev–Trinajstić information content (AvgIpc) is 3.01. The van der Waals surface area contributed by atoms with E-state index < -0.39 is 17.4 Å². The maximum atomic E-state index is 12.0. The van der Waals surface area contributed by atoms with Crippen LogP contribution >= 0.6 is 0 Å². The van der Waals surface area contributed by atoms with Gasteiger partial charge in [0.15, 0.2) is 11.5 Å². The second-order valence-corrected chi connectivity index (χ2v) is 4.75. The van der Waals surface area contributed by atoms with Crippen molar-refractivity contribution in [3.8, 4) is 11.5 Å². The maximum absolute atomic E-state index is 12.0. The number of hydrogen-bond donors (Lipinski definition) is 2. The summed E-state index contributed by atoms with van der Waals surface area (Å²) in [6.07, 6.45) is 3.11. The van der Waals surface area contributed by atoms with Crippen LogP contribution in [0.25, 0.3) is 11.5 Å². The molecule has 2 heterocycles. The van der Waals surface area contributed by atoms with Crippen LogP contribution in [0.4, 0.5) is 0 Å². The summed E-state index contributed by atoms with van der Waals surface area (Å²) in [5.74, 6) is -0.813. The molecule has 20 heavy (non-hydrogen) atoms. The number of amides is 1. The largest absolute Gasteiger partial charge is 0.480 e. The van der Waals surface area contributed by atoms with Crippen molar-refractivity contribution >= 4 is 11.9 Å². The predicted octanol–water partition coefficient (Wildman–Crippen LogP) is 1.67. The lowest BCUT2D eigenvalue weighted by molar-refractivity contribution is -0.148. The monoisotopic (exact) mass is 276 g/mol. The second kappa shape index (κ2) is 4.52. The molecule has 0 saturated heterocycles. The van der Waals surface area contributed by atoms with Gasteiger partial charge in [-0.25, -0.2) is 4.79 Å². The highest BCUT2D eigenvalue weighted by Crippen LogP contribution is 2.32. The van der Waals surface area contributed by atoms with E-state index in [0.29, 0.717) is 24.4 Å². The van der Waals surface area contributed by atoms with Crippen molar-refractivity contribution in [1.29, 1.82) is 0 Å². The fourth-order valence-electron chi connectivity index (χ4n) is 2.12. The molecule has 0 atom stereocenters. The summed E-state index contributed by atoms with van der Waals surface area (Å²) in [6, 6.07) is 4.78. The van der Waals surface area contributed by atoms with Crippen LogP contribution in [0.2, 0.25) is 0 Å². The first kappa shape index (κ1) is 12.5. The molecule has 0 aromatic carbocycles. The third kappa shape index (κ3) is 1.97. The highest BCUT2D eigenvalue weighted by atomic mass is 16.5. The summed E-state index contributed by atoms with van der Waals surface area (Å²) in [7, 11) is 0. The average molecular weight is 276 g/mol. The van der Waals surface area contributed by atoms with Crippen LogP contribution in [0.3, 0.4) is 0 Å². The molecule has 1 saturated carbocycles. The molecule has 7 nitrogen and oxygen atoms in total. The Morgan fingerprint density at radius 2 is 2.15 bits per heavy atom. The normalized spacial score (nSPS) is 16.4. The molecule has 7 heteroatoms. The van der Waals surface area contributed by atoms with E-state index in [1.54, 1.807) is 12.1 Å². The Kier molecular flexibility index (Phi) is 2.81. The van der Waals surface area contributed by atoms with E-state index in [1.165, 1.54) is 12.3 Å². The fraction of sp³-hybridized carbons (Fsp3) is 0.308. The molecule has 2 aromatic heterocycles. The van der Waals surface area contributed by atoms with E-state index in [2.05, 4.69) is 10.5 Å². The Balaban J connectivity index is 1.76. The van der Waals surface area contributed by atoms with Crippen molar-refractivity contribution in [3.05, 3.63) is 30.2 Å². The van der Waals surface area contributed by atoms with Crippen LogP contribution in [0.1, 0.15) is 29.8 Å². The zero-order valence-electron chi connectivity index (χ0n) is 10.5. The number of hydrogen-bond acceptors (Lipinski definition) is 5. The topological polar surface area (TPSA) is 106 Å². The minimum Gasteiger partial charge on any atom is -0.480 e. The minimum atomic E-state index is -1.17. The van der Waals surface area contributed by atoms with Crippen molar-refractivity contribution < 1.29 is 23.6 Å². The number of rotatable bonds is 4. The third-order valence-corrected chi connectivity index (χ3v) is 3.48. The molecule has 0 aliphatic heterocycles. The van der Waals surface area contributed by atoms with Crippen molar-refractivity contribution in [1.82, 2.24) is 10.5 Å². The van der Waals surface area contributed by atoms with Crippen LogP contribution in [-0.4, -0.2) is 27.7 Å². The quantitative estimate of drug-likeness (QED) is 0.879. The van der Waals surface area contributed by atoms with Gasteiger partial charge < -0.3 is 19.4 Å². The molecule has 2 aromatic rings. The molecule has 104 valence electrons. The number of carboxylic acids is 1. The van der Waals surface area contributed by atoms with Gasteiger partial charge in [0, 0.05) is 6.07 Å². The van der Waals surface area contributed by atoms with Gasteiger partial charge in [-0.2, -0.15) is 0 Å². The van der Waals surface area contributed by atoms with Crippen molar-refractivity contribution in [3.63, 3.8) is 0 Å². The lowest BCUT2D eigenvalue weighted by Gasteiger charge is -2.37. The van der Waals surface area contributed by atoms with Crippen molar-refractivity contribution in [2.75, 3.05) is 0 Å². The fourth-order valence-corrected chi connectivity index (χ4v) is 2.12. The standard InChI is InChI=1S/C13H12N2O5/c16-11(14-13(12(17)18)4-2-5-13)8-7-10(20-15-8)9-3-1-6-19-9/h1,3,6-7H,2,4-5H2,(H,14,16)(H,17,18).